The quantitative estimate of drug-likeness (QED) is 0.208. The number of hydrogen-bond acceptors (Lipinski definition) is 9. The van der Waals surface area contributed by atoms with E-state index in [0.717, 1.165) is 36.0 Å². The number of ether oxygens (including phenoxy) is 2. The fraction of sp³-hybridized carbons (Fsp3) is 0.464. The molecule has 1 aliphatic heterocycles. The Hall–Kier alpha value is -3.32. The second-order valence-corrected chi connectivity index (χ2v) is 10.7. The van der Waals surface area contributed by atoms with Crippen LogP contribution in [0.1, 0.15) is 68.1 Å². The summed E-state index contributed by atoms with van der Waals surface area (Å²) in [6.07, 6.45) is 2.51. The van der Waals surface area contributed by atoms with E-state index in [2.05, 4.69) is 26.2 Å². The predicted octanol–water partition coefficient (Wildman–Crippen LogP) is 3.68. The number of anilines is 1. The standard InChI is InChI=1S/C28H36N6O5S/c1-19(36)29-14-5-3-4-9-26(37)30-23-8-6-7-22(15-23)27-38-24(18-40-28-31-32-33-34(28)2)16-25(39-27)21-12-10-20(17-35)11-13-21/h6-8,10-13,15,24-25,27,35H,3-5,9,14,16-18H2,1-2H3,(H,29,36)(H,30,37). The normalized spacial score (nSPS) is 18.8. The third-order valence-corrected chi connectivity index (χ3v) is 7.63. The molecule has 1 aliphatic rings. The molecular formula is C28H36N6O5S. The molecule has 3 atom stereocenters. The van der Waals surface area contributed by atoms with Gasteiger partial charge in [0.05, 0.1) is 18.8 Å². The number of benzene rings is 2. The van der Waals surface area contributed by atoms with Gasteiger partial charge in [-0.3, -0.25) is 9.59 Å². The molecule has 2 amide bonds. The van der Waals surface area contributed by atoms with Gasteiger partial charge < -0.3 is 25.2 Å². The molecule has 214 valence electrons. The summed E-state index contributed by atoms with van der Waals surface area (Å²) in [4.78, 5) is 23.5. The molecular weight excluding hydrogens is 532 g/mol. The van der Waals surface area contributed by atoms with E-state index in [1.807, 2.05) is 48.5 Å². The lowest BCUT2D eigenvalue weighted by molar-refractivity contribution is -0.245. The Balaban J connectivity index is 1.40. The number of aliphatic hydroxyl groups excluding tert-OH is 1. The van der Waals surface area contributed by atoms with E-state index in [0.29, 0.717) is 36.0 Å². The van der Waals surface area contributed by atoms with E-state index in [4.69, 9.17) is 9.47 Å². The van der Waals surface area contributed by atoms with Crippen LogP contribution in [-0.2, 0) is 32.7 Å². The first kappa shape index (κ1) is 29.7. The number of hydrogen-bond donors (Lipinski definition) is 3. The second kappa shape index (κ2) is 14.9. The predicted molar refractivity (Wildman–Crippen MR) is 150 cm³/mol. The maximum Gasteiger partial charge on any atom is 0.224 e. The molecule has 1 aromatic heterocycles. The molecule has 0 bridgehead atoms. The van der Waals surface area contributed by atoms with Gasteiger partial charge in [-0.15, -0.1) is 5.10 Å². The molecule has 3 unspecified atom stereocenters. The summed E-state index contributed by atoms with van der Waals surface area (Å²) in [7, 11) is 1.80. The number of tetrazole rings is 1. The number of aromatic nitrogens is 4. The van der Waals surface area contributed by atoms with Crippen LogP contribution in [0.25, 0.3) is 0 Å². The molecule has 4 rings (SSSR count). The minimum atomic E-state index is -0.634. The average molecular weight is 569 g/mol. The van der Waals surface area contributed by atoms with E-state index in [-0.39, 0.29) is 30.6 Å². The Kier molecular flexibility index (Phi) is 11.0. The van der Waals surface area contributed by atoms with Gasteiger partial charge in [0.25, 0.3) is 0 Å². The highest BCUT2D eigenvalue weighted by Crippen LogP contribution is 2.39. The zero-order chi connectivity index (χ0) is 28.3. The molecule has 3 N–H and O–H groups in total. The second-order valence-electron chi connectivity index (χ2n) is 9.71. The average Bonchev–Trinajstić information content (AvgIpc) is 3.38. The topological polar surface area (TPSA) is 140 Å². The van der Waals surface area contributed by atoms with Crippen molar-refractivity contribution in [3.63, 3.8) is 0 Å². The molecule has 1 fully saturated rings. The first-order chi connectivity index (χ1) is 19.4. The van der Waals surface area contributed by atoms with Crippen molar-refractivity contribution in [1.29, 1.82) is 0 Å². The number of nitrogens with zero attached hydrogens (tertiary/aromatic N) is 4. The number of thioether (sulfide) groups is 1. The van der Waals surface area contributed by atoms with Crippen molar-refractivity contribution in [1.82, 2.24) is 25.5 Å². The van der Waals surface area contributed by atoms with E-state index >= 15 is 0 Å². The summed E-state index contributed by atoms with van der Waals surface area (Å²) in [6.45, 7) is 2.11. The zero-order valence-electron chi connectivity index (χ0n) is 22.8. The van der Waals surface area contributed by atoms with E-state index in [9.17, 15) is 14.7 Å². The summed E-state index contributed by atoms with van der Waals surface area (Å²) in [5.74, 6) is 0.537. The van der Waals surface area contributed by atoms with Crippen molar-refractivity contribution < 1.29 is 24.2 Å². The van der Waals surface area contributed by atoms with Crippen LogP contribution in [0.5, 0.6) is 0 Å². The summed E-state index contributed by atoms with van der Waals surface area (Å²) in [6, 6.07) is 15.3. The van der Waals surface area contributed by atoms with Crippen molar-refractivity contribution in [2.24, 2.45) is 7.05 Å². The Morgan fingerprint density at radius 2 is 1.93 bits per heavy atom. The van der Waals surface area contributed by atoms with Gasteiger partial charge in [0.2, 0.25) is 17.0 Å². The molecule has 0 aliphatic carbocycles. The molecule has 11 nitrogen and oxygen atoms in total. The maximum atomic E-state index is 12.5. The molecule has 12 heteroatoms. The Labute approximate surface area is 238 Å². The van der Waals surface area contributed by atoms with Gasteiger partial charge >= 0.3 is 0 Å². The first-order valence-electron chi connectivity index (χ1n) is 13.4. The molecule has 2 aromatic carbocycles. The number of rotatable bonds is 13. The number of nitrogens with one attached hydrogen (secondary N) is 2. The lowest BCUT2D eigenvalue weighted by atomic mass is 10.0. The molecule has 0 saturated carbocycles. The van der Waals surface area contributed by atoms with E-state index < -0.39 is 6.29 Å². The van der Waals surface area contributed by atoms with Crippen LogP contribution in [0.3, 0.4) is 0 Å². The van der Waals surface area contributed by atoms with Gasteiger partial charge in [0.1, 0.15) is 0 Å². The number of amides is 2. The van der Waals surface area contributed by atoms with Crippen LogP contribution in [-0.4, -0.2) is 55.5 Å². The smallest absolute Gasteiger partial charge is 0.224 e. The first-order valence-corrected chi connectivity index (χ1v) is 14.4. The number of carbonyl (C=O) groups excluding carboxylic acids is 2. The fourth-order valence-electron chi connectivity index (χ4n) is 4.37. The Bertz CT molecular complexity index is 1250. The minimum absolute atomic E-state index is 0.0157. The molecule has 0 radical (unpaired) electrons. The fourth-order valence-corrected chi connectivity index (χ4v) is 5.24. The van der Waals surface area contributed by atoms with Gasteiger partial charge in [-0.2, -0.15) is 0 Å². The van der Waals surface area contributed by atoms with Crippen LogP contribution in [0.4, 0.5) is 5.69 Å². The van der Waals surface area contributed by atoms with Crippen LogP contribution >= 0.6 is 11.8 Å². The lowest BCUT2D eigenvalue weighted by Crippen LogP contribution is -2.31. The summed E-state index contributed by atoms with van der Waals surface area (Å²) in [5.41, 5.74) is 3.33. The molecule has 0 spiro atoms. The molecule has 2 heterocycles. The van der Waals surface area contributed by atoms with Gasteiger partial charge in [0, 0.05) is 50.4 Å². The van der Waals surface area contributed by atoms with Gasteiger partial charge in [-0.25, -0.2) is 4.68 Å². The van der Waals surface area contributed by atoms with Crippen molar-refractivity contribution in [2.75, 3.05) is 17.6 Å². The van der Waals surface area contributed by atoms with Crippen molar-refractivity contribution in [3.8, 4) is 0 Å². The Morgan fingerprint density at radius 3 is 2.65 bits per heavy atom. The van der Waals surface area contributed by atoms with Gasteiger partial charge in [-0.05, 0) is 46.5 Å². The SMILES string of the molecule is CC(=O)NCCCCCC(=O)Nc1cccc(C2OC(CSc3nnnn3C)CC(c3ccc(CO)cc3)O2)c1. The Morgan fingerprint density at radius 1 is 1.10 bits per heavy atom. The van der Waals surface area contributed by atoms with Crippen LogP contribution < -0.4 is 10.6 Å². The van der Waals surface area contributed by atoms with Crippen LogP contribution in [0, 0.1) is 0 Å². The maximum absolute atomic E-state index is 12.5. The van der Waals surface area contributed by atoms with Crippen molar-refractivity contribution in [2.45, 2.75) is 69.3 Å². The number of aliphatic hydroxyl groups is 1. The molecule has 3 aromatic rings. The zero-order valence-corrected chi connectivity index (χ0v) is 23.6. The number of unbranched alkanes of at least 4 members (excludes halogenated alkanes) is 2. The lowest BCUT2D eigenvalue weighted by Gasteiger charge is -2.36. The molecule has 1 saturated heterocycles. The minimum Gasteiger partial charge on any atom is -0.392 e. The molecule has 40 heavy (non-hydrogen) atoms. The largest absolute Gasteiger partial charge is 0.392 e. The summed E-state index contributed by atoms with van der Waals surface area (Å²) < 4.78 is 14.4. The van der Waals surface area contributed by atoms with Crippen LogP contribution in [0.2, 0.25) is 0 Å². The highest BCUT2D eigenvalue weighted by atomic mass is 32.2. The summed E-state index contributed by atoms with van der Waals surface area (Å²) >= 11 is 1.52. The third-order valence-electron chi connectivity index (χ3n) is 6.49. The van der Waals surface area contributed by atoms with E-state index in [1.54, 1.807) is 11.7 Å². The van der Waals surface area contributed by atoms with Gasteiger partial charge in [0.15, 0.2) is 6.29 Å². The third kappa shape index (κ3) is 8.85. The summed E-state index contributed by atoms with van der Waals surface area (Å²) in [5, 5.41) is 27.5. The van der Waals surface area contributed by atoms with Crippen molar-refractivity contribution in [3.05, 3.63) is 65.2 Å². The highest BCUT2D eigenvalue weighted by molar-refractivity contribution is 7.99. The monoisotopic (exact) mass is 568 g/mol. The van der Waals surface area contributed by atoms with Crippen molar-refractivity contribution >= 4 is 29.3 Å². The number of carbonyl (C=O) groups is 2. The van der Waals surface area contributed by atoms with E-state index in [1.165, 1.54) is 18.7 Å². The van der Waals surface area contributed by atoms with Gasteiger partial charge in [-0.1, -0.05) is 54.6 Å². The number of aryl methyl sites for hydroxylation is 1. The highest BCUT2D eigenvalue weighted by Gasteiger charge is 2.32. The van der Waals surface area contributed by atoms with Crippen LogP contribution in [0.15, 0.2) is 53.7 Å².